The molecule has 0 unspecified atom stereocenters. The summed E-state index contributed by atoms with van der Waals surface area (Å²) in [5.74, 6) is -1.91. The number of aromatic carboxylic acids is 1. The van der Waals surface area contributed by atoms with Crippen LogP contribution in [-0.4, -0.2) is 94.3 Å². The lowest BCUT2D eigenvalue weighted by atomic mass is 9.97. The number of anilines is 1. The number of alkyl halides is 6. The van der Waals surface area contributed by atoms with Crippen LogP contribution in [-0.2, 0) is 21.9 Å². The molecule has 0 aliphatic carbocycles. The third-order valence-electron chi connectivity index (χ3n) is 8.59. The number of hydrogen-bond acceptors (Lipinski definition) is 8. The van der Waals surface area contributed by atoms with Gasteiger partial charge in [0.05, 0.1) is 21.6 Å². The molecule has 2 heterocycles. The summed E-state index contributed by atoms with van der Waals surface area (Å²) in [7, 11) is 0. The van der Waals surface area contributed by atoms with Crippen molar-refractivity contribution >= 4 is 57.8 Å². The SMILES string of the molecule is C=CCN1CCN(CCOc2ccc(-c3cc(C(F)(F)F)cc(C(F)(F)F)c3)cc2/C=C2\SC(=S)N(CCC(=O)Nc3ccc(C(=O)O)cc3)C2=O)CC1. The monoisotopic (exact) mass is 792 g/mol. The fraction of sp³-hybridized carbons (Fsp3) is 0.297. The van der Waals surface area contributed by atoms with Gasteiger partial charge in [0.1, 0.15) is 16.7 Å². The summed E-state index contributed by atoms with van der Waals surface area (Å²) in [4.78, 5) is 43.0. The van der Waals surface area contributed by atoms with Crippen LogP contribution in [0.5, 0.6) is 5.75 Å². The Hall–Kier alpha value is -4.71. The number of ether oxygens (including phenoxy) is 1. The van der Waals surface area contributed by atoms with E-state index in [1.165, 1.54) is 53.4 Å². The van der Waals surface area contributed by atoms with Gasteiger partial charge in [0.15, 0.2) is 0 Å². The Morgan fingerprint density at radius 1 is 0.889 bits per heavy atom. The molecule has 3 aromatic carbocycles. The van der Waals surface area contributed by atoms with Crippen LogP contribution in [0.3, 0.4) is 0 Å². The van der Waals surface area contributed by atoms with Crippen molar-refractivity contribution in [3.05, 3.63) is 100 Å². The molecular weight excluding hydrogens is 759 g/mol. The molecule has 2 saturated heterocycles. The average molecular weight is 793 g/mol. The quantitative estimate of drug-likeness (QED) is 0.0789. The van der Waals surface area contributed by atoms with Gasteiger partial charge in [-0.1, -0.05) is 36.1 Å². The van der Waals surface area contributed by atoms with E-state index in [4.69, 9.17) is 22.1 Å². The Morgan fingerprint density at radius 2 is 1.52 bits per heavy atom. The standard InChI is InChI=1S/C37H34F6N4O5S2/c1-2-10-45-12-14-46(15-13-45)16-17-52-30-8-5-24(25-19-27(36(38,39)40)22-28(20-25)37(41,42)43)18-26(30)21-31-33(49)47(35(53)54-31)11-9-32(48)44-29-6-3-23(4-7-29)34(50)51/h2-8,18-22H,1,9-17H2,(H,44,48)(H,50,51)/b31-21-. The van der Waals surface area contributed by atoms with E-state index in [0.29, 0.717) is 24.4 Å². The number of amides is 2. The number of carboxylic acids is 1. The number of hydrogen-bond donors (Lipinski definition) is 2. The Bertz CT molecular complexity index is 1910. The van der Waals surface area contributed by atoms with E-state index in [1.54, 1.807) is 0 Å². The molecule has 0 bridgehead atoms. The Balaban J connectivity index is 1.37. The molecule has 17 heteroatoms. The van der Waals surface area contributed by atoms with Gasteiger partial charge in [0, 0.05) is 63.5 Å². The van der Waals surface area contributed by atoms with Crippen LogP contribution in [0.2, 0.25) is 0 Å². The van der Waals surface area contributed by atoms with Gasteiger partial charge >= 0.3 is 18.3 Å². The van der Waals surface area contributed by atoms with E-state index >= 15 is 0 Å². The summed E-state index contributed by atoms with van der Waals surface area (Å²) >= 11 is 6.33. The molecule has 2 aliphatic rings. The van der Waals surface area contributed by atoms with Crippen LogP contribution in [0.25, 0.3) is 17.2 Å². The largest absolute Gasteiger partial charge is 0.492 e. The van der Waals surface area contributed by atoms with E-state index in [2.05, 4.69) is 21.7 Å². The molecule has 2 amide bonds. The van der Waals surface area contributed by atoms with Crippen molar-refractivity contribution in [3.8, 4) is 16.9 Å². The lowest BCUT2D eigenvalue weighted by Gasteiger charge is -2.33. The number of piperazine rings is 1. The first-order valence-electron chi connectivity index (χ1n) is 16.5. The maximum absolute atomic E-state index is 13.7. The third-order valence-corrected chi connectivity index (χ3v) is 9.96. The second-order valence-electron chi connectivity index (χ2n) is 12.3. The number of halogens is 6. The first-order chi connectivity index (χ1) is 25.5. The average Bonchev–Trinajstić information content (AvgIpc) is 3.38. The number of carbonyl (C=O) groups excluding carboxylic acids is 2. The molecule has 54 heavy (non-hydrogen) atoms. The number of carbonyl (C=O) groups is 3. The number of nitrogens with one attached hydrogen (secondary N) is 1. The highest BCUT2D eigenvalue weighted by Gasteiger charge is 2.37. The molecule has 0 atom stereocenters. The topological polar surface area (TPSA) is 102 Å². The van der Waals surface area contributed by atoms with E-state index in [9.17, 15) is 40.7 Å². The number of carboxylic acid groups (broad SMARTS) is 1. The van der Waals surface area contributed by atoms with Gasteiger partial charge in [-0.05, 0) is 71.8 Å². The molecule has 0 radical (unpaired) electrons. The van der Waals surface area contributed by atoms with Gasteiger partial charge in [-0.3, -0.25) is 24.3 Å². The first kappa shape index (κ1) is 40.5. The Labute approximate surface area is 316 Å². The zero-order valence-electron chi connectivity index (χ0n) is 28.5. The van der Waals surface area contributed by atoms with Crippen LogP contribution >= 0.6 is 24.0 Å². The van der Waals surface area contributed by atoms with Crippen LogP contribution in [0.1, 0.15) is 33.5 Å². The molecule has 9 nitrogen and oxygen atoms in total. The molecule has 2 N–H and O–H groups in total. The van der Waals surface area contributed by atoms with Crippen molar-refractivity contribution in [1.82, 2.24) is 14.7 Å². The Morgan fingerprint density at radius 3 is 2.11 bits per heavy atom. The van der Waals surface area contributed by atoms with Crippen LogP contribution in [0.4, 0.5) is 32.0 Å². The zero-order valence-corrected chi connectivity index (χ0v) is 30.1. The molecule has 2 aliphatic heterocycles. The van der Waals surface area contributed by atoms with Gasteiger partial charge in [-0.2, -0.15) is 26.3 Å². The summed E-state index contributed by atoms with van der Waals surface area (Å²) in [6, 6.07) is 11.0. The van der Waals surface area contributed by atoms with Crippen LogP contribution in [0.15, 0.2) is 78.2 Å². The van der Waals surface area contributed by atoms with Crippen molar-refractivity contribution in [1.29, 1.82) is 0 Å². The fourth-order valence-corrected chi connectivity index (χ4v) is 7.02. The predicted octanol–water partition coefficient (Wildman–Crippen LogP) is 7.50. The molecule has 286 valence electrons. The van der Waals surface area contributed by atoms with Crippen LogP contribution in [0, 0.1) is 0 Å². The second-order valence-corrected chi connectivity index (χ2v) is 14.0. The molecule has 0 aromatic heterocycles. The highest BCUT2D eigenvalue weighted by atomic mass is 32.2. The minimum absolute atomic E-state index is 0.0204. The van der Waals surface area contributed by atoms with Gasteiger partial charge in [0.2, 0.25) is 5.91 Å². The molecular formula is C37H34F6N4O5S2. The van der Waals surface area contributed by atoms with E-state index in [0.717, 1.165) is 44.5 Å². The number of rotatable bonds is 13. The zero-order chi connectivity index (χ0) is 39.2. The molecule has 5 rings (SSSR count). The smallest absolute Gasteiger partial charge is 0.416 e. The van der Waals surface area contributed by atoms with Crippen molar-refractivity contribution < 1.29 is 50.6 Å². The summed E-state index contributed by atoms with van der Waals surface area (Å²) < 4.78 is 88.3. The van der Waals surface area contributed by atoms with Gasteiger partial charge < -0.3 is 15.2 Å². The highest BCUT2D eigenvalue weighted by Crippen LogP contribution is 2.40. The number of benzene rings is 3. The minimum Gasteiger partial charge on any atom is -0.492 e. The summed E-state index contributed by atoms with van der Waals surface area (Å²) in [6.45, 7) is 8.45. The maximum atomic E-state index is 13.7. The molecule has 3 aromatic rings. The fourth-order valence-electron chi connectivity index (χ4n) is 5.72. The van der Waals surface area contributed by atoms with Crippen molar-refractivity contribution in [3.63, 3.8) is 0 Å². The second kappa shape index (κ2) is 17.2. The lowest BCUT2D eigenvalue weighted by Crippen LogP contribution is -2.47. The predicted molar refractivity (Wildman–Crippen MR) is 197 cm³/mol. The summed E-state index contributed by atoms with van der Waals surface area (Å²) in [6.07, 6.45) is -7.01. The van der Waals surface area contributed by atoms with Crippen molar-refractivity contribution in [2.75, 3.05) is 57.7 Å². The number of nitrogens with zero attached hydrogens (tertiary/aromatic N) is 3. The maximum Gasteiger partial charge on any atom is 0.416 e. The summed E-state index contributed by atoms with van der Waals surface area (Å²) in [5.41, 5.74) is -2.65. The lowest BCUT2D eigenvalue weighted by molar-refractivity contribution is -0.143. The third kappa shape index (κ3) is 10.5. The van der Waals surface area contributed by atoms with E-state index in [-0.39, 0.29) is 62.9 Å². The number of thiocarbonyl (C=S) groups is 1. The van der Waals surface area contributed by atoms with E-state index < -0.39 is 41.3 Å². The highest BCUT2D eigenvalue weighted by molar-refractivity contribution is 8.26. The molecule has 2 fully saturated rings. The van der Waals surface area contributed by atoms with Gasteiger partial charge in [0.25, 0.3) is 5.91 Å². The minimum atomic E-state index is -5.05. The van der Waals surface area contributed by atoms with Crippen molar-refractivity contribution in [2.24, 2.45) is 0 Å². The van der Waals surface area contributed by atoms with Crippen LogP contribution < -0.4 is 10.1 Å². The molecule has 0 saturated carbocycles. The Kier molecular flexibility index (Phi) is 12.9. The van der Waals surface area contributed by atoms with Gasteiger partial charge in [-0.25, -0.2) is 4.79 Å². The summed E-state index contributed by atoms with van der Waals surface area (Å²) in [5, 5.41) is 11.7. The van der Waals surface area contributed by atoms with Gasteiger partial charge in [-0.15, -0.1) is 6.58 Å². The van der Waals surface area contributed by atoms with E-state index in [1.807, 2.05) is 6.08 Å². The molecule has 0 spiro atoms. The number of thioether (sulfide) groups is 1. The first-order valence-corrected chi connectivity index (χ1v) is 17.7. The normalized spacial score (nSPS) is 16.6. The van der Waals surface area contributed by atoms with Crippen molar-refractivity contribution in [2.45, 2.75) is 18.8 Å².